The minimum atomic E-state index is -1.48. The molecule has 146 valence electrons. The van der Waals surface area contributed by atoms with Crippen molar-refractivity contribution in [3.05, 3.63) is 75.9 Å². The second-order valence-electron chi connectivity index (χ2n) is 7.00. The quantitative estimate of drug-likeness (QED) is 0.562. The van der Waals surface area contributed by atoms with Gasteiger partial charge in [0, 0.05) is 10.0 Å². The lowest BCUT2D eigenvalue weighted by Gasteiger charge is -2.17. The second-order valence-corrected chi connectivity index (χ2v) is 7.85. The zero-order valence-corrected chi connectivity index (χ0v) is 16.6. The van der Waals surface area contributed by atoms with E-state index in [0.29, 0.717) is 35.1 Å². The molecule has 0 saturated heterocycles. The number of hydrogen-bond donors (Lipinski definition) is 2. The standard InChI is InChI=1S/C21H20Cl2N2O3/c22-16-7-5-14(6-8-16)19-11-17(13-28-21(9-10-21)20(26)27)24-25(19)12-15-3-1-2-4-18(15)23/h1-8,11,20,26-27H,9-10,12-13H2. The number of benzene rings is 2. The van der Waals surface area contributed by atoms with E-state index in [0.717, 1.165) is 16.8 Å². The molecule has 0 aliphatic heterocycles. The van der Waals surface area contributed by atoms with Gasteiger partial charge in [-0.15, -0.1) is 0 Å². The SMILES string of the molecule is OC(O)C1(OCc2cc(-c3ccc(Cl)cc3)n(Cc3ccccc3Cl)n2)CC1. The topological polar surface area (TPSA) is 67.5 Å². The molecule has 0 amide bonds. The number of aromatic nitrogens is 2. The van der Waals surface area contributed by atoms with Gasteiger partial charge in [-0.25, -0.2) is 0 Å². The Bertz CT molecular complexity index is 966. The summed E-state index contributed by atoms with van der Waals surface area (Å²) in [4.78, 5) is 0. The van der Waals surface area contributed by atoms with Gasteiger partial charge < -0.3 is 14.9 Å². The summed E-state index contributed by atoms with van der Waals surface area (Å²) in [5.41, 5.74) is 2.69. The van der Waals surface area contributed by atoms with Crippen LogP contribution in [0.15, 0.2) is 54.6 Å². The van der Waals surface area contributed by atoms with Crippen LogP contribution < -0.4 is 0 Å². The van der Waals surface area contributed by atoms with Gasteiger partial charge in [0.1, 0.15) is 5.60 Å². The zero-order chi connectivity index (χ0) is 19.7. The first-order valence-electron chi connectivity index (χ1n) is 9.03. The van der Waals surface area contributed by atoms with Gasteiger partial charge in [-0.1, -0.05) is 53.5 Å². The van der Waals surface area contributed by atoms with E-state index in [-0.39, 0.29) is 6.61 Å². The highest BCUT2D eigenvalue weighted by Gasteiger charge is 2.50. The summed E-state index contributed by atoms with van der Waals surface area (Å²) in [7, 11) is 0. The summed E-state index contributed by atoms with van der Waals surface area (Å²) in [6.07, 6.45) is -0.210. The van der Waals surface area contributed by atoms with Crippen LogP contribution in [0.2, 0.25) is 10.0 Å². The maximum Gasteiger partial charge on any atom is 0.181 e. The predicted molar refractivity (Wildman–Crippen MR) is 108 cm³/mol. The molecule has 28 heavy (non-hydrogen) atoms. The monoisotopic (exact) mass is 418 g/mol. The van der Waals surface area contributed by atoms with Crippen LogP contribution in [0.1, 0.15) is 24.1 Å². The number of halogens is 2. The molecule has 7 heteroatoms. The molecule has 1 heterocycles. The van der Waals surface area contributed by atoms with Gasteiger partial charge in [0.15, 0.2) is 6.29 Å². The Morgan fingerprint density at radius 2 is 1.79 bits per heavy atom. The van der Waals surface area contributed by atoms with Gasteiger partial charge in [0.25, 0.3) is 0 Å². The van der Waals surface area contributed by atoms with E-state index < -0.39 is 11.9 Å². The lowest BCUT2D eigenvalue weighted by molar-refractivity contribution is -0.166. The number of rotatable bonds is 7. The Morgan fingerprint density at radius 3 is 2.43 bits per heavy atom. The minimum Gasteiger partial charge on any atom is -0.366 e. The lowest BCUT2D eigenvalue weighted by Crippen LogP contribution is -2.30. The molecular weight excluding hydrogens is 399 g/mol. The Morgan fingerprint density at radius 1 is 1.07 bits per heavy atom. The van der Waals surface area contributed by atoms with Crippen molar-refractivity contribution in [2.45, 2.75) is 37.9 Å². The average molecular weight is 419 g/mol. The van der Waals surface area contributed by atoms with Crippen molar-refractivity contribution in [3.8, 4) is 11.3 Å². The van der Waals surface area contributed by atoms with Crippen LogP contribution in [0.25, 0.3) is 11.3 Å². The number of aliphatic hydroxyl groups excluding tert-OH is 1. The summed E-state index contributed by atoms with van der Waals surface area (Å²) in [5, 5.41) is 25.0. The summed E-state index contributed by atoms with van der Waals surface area (Å²) in [6, 6.07) is 17.1. The maximum absolute atomic E-state index is 9.49. The Kier molecular flexibility index (Phi) is 5.45. The van der Waals surface area contributed by atoms with E-state index in [4.69, 9.17) is 27.9 Å². The number of nitrogens with zero attached hydrogens (tertiary/aromatic N) is 2. The third-order valence-corrected chi connectivity index (χ3v) is 5.59. The minimum absolute atomic E-state index is 0.202. The molecule has 0 spiro atoms. The van der Waals surface area contributed by atoms with Crippen LogP contribution in [0.3, 0.4) is 0 Å². The maximum atomic E-state index is 9.49. The first-order chi connectivity index (χ1) is 13.5. The molecule has 1 fully saturated rings. The molecule has 5 nitrogen and oxygen atoms in total. The van der Waals surface area contributed by atoms with Crippen molar-refractivity contribution in [2.24, 2.45) is 0 Å². The predicted octanol–water partition coefficient (Wildman–Crippen LogP) is 4.27. The molecular formula is C21H20Cl2N2O3. The average Bonchev–Trinajstić information content (AvgIpc) is 3.38. The van der Waals surface area contributed by atoms with E-state index in [9.17, 15) is 10.2 Å². The Balaban J connectivity index is 1.63. The van der Waals surface area contributed by atoms with Crippen LogP contribution in [0.5, 0.6) is 0 Å². The molecule has 3 aromatic rings. The molecule has 0 bridgehead atoms. The van der Waals surface area contributed by atoms with E-state index >= 15 is 0 Å². The number of aliphatic hydroxyl groups is 2. The third-order valence-electron chi connectivity index (χ3n) is 4.97. The largest absolute Gasteiger partial charge is 0.366 e. The van der Waals surface area contributed by atoms with E-state index in [2.05, 4.69) is 5.10 Å². The summed E-state index contributed by atoms with van der Waals surface area (Å²) in [6.45, 7) is 0.707. The zero-order valence-electron chi connectivity index (χ0n) is 15.1. The summed E-state index contributed by atoms with van der Waals surface area (Å²) < 4.78 is 7.64. The first kappa shape index (κ1) is 19.4. The van der Waals surface area contributed by atoms with Crippen LogP contribution in [-0.4, -0.2) is 31.9 Å². The van der Waals surface area contributed by atoms with Crippen LogP contribution in [0.4, 0.5) is 0 Å². The Labute approximate surface area is 173 Å². The van der Waals surface area contributed by atoms with Crippen molar-refractivity contribution in [2.75, 3.05) is 0 Å². The van der Waals surface area contributed by atoms with E-state index in [1.165, 1.54) is 0 Å². The fourth-order valence-electron chi connectivity index (χ4n) is 3.12. The molecule has 2 aromatic carbocycles. The second kappa shape index (κ2) is 7.85. The molecule has 1 aliphatic carbocycles. The van der Waals surface area contributed by atoms with Crippen molar-refractivity contribution in [1.29, 1.82) is 0 Å². The van der Waals surface area contributed by atoms with Crippen molar-refractivity contribution >= 4 is 23.2 Å². The highest BCUT2D eigenvalue weighted by molar-refractivity contribution is 6.31. The van der Waals surface area contributed by atoms with Crippen molar-refractivity contribution in [1.82, 2.24) is 9.78 Å². The van der Waals surface area contributed by atoms with Gasteiger partial charge in [0.2, 0.25) is 0 Å². The molecule has 4 rings (SSSR count). The van der Waals surface area contributed by atoms with E-state index in [1.807, 2.05) is 59.3 Å². The van der Waals surface area contributed by atoms with Gasteiger partial charge in [0.05, 0.1) is 24.5 Å². The molecule has 1 saturated carbocycles. The van der Waals surface area contributed by atoms with Crippen LogP contribution >= 0.6 is 23.2 Å². The fourth-order valence-corrected chi connectivity index (χ4v) is 3.44. The van der Waals surface area contributed by atoms with Gasteiger partial charge in [-0.3, -0.25) is 4.68 Å². The third kappa shape index (κ3) is 4.09. The van der Waals surface area contributed by atoms with E-state index in [1.54, 1.807) is 0 Å². The first-order valence-corrected chi connectivity index (χ1v) is 9.79. The molecule has 1 aliphatic rings. The highest BCUT2D eigenvalue weighted by atomic mass is 35.5. The smallest absolute Gasteiger partial charge is 0.181 e. The van der Waals surface area contributed by atoms with Crippen molar-refractivity contribution < 1.29 is 14.9 Å². The van der Waals surface area contributed by atoms with Gasteiger partial charge >= 0.3 is 0 Å². The molecule has 0 unspecified atom stereocenters. The molecule has 2 N–H and O–H groups in total. The summed E-state index contributed by atoms with van der Waals surface area (Å²) in [5.74, 6) is 0. The van der Waals surface area contributed by atoms with Crippen LogP contribution in [-0.2, 0) is 17.9 Å². The van der Waals surface area contributed by atoms with Crippen molar-refractivity contribution in [3.63, 3.8) is 0 Å². The molecule has 0 radical (unpaired) electrons. The normalized spacial score (nSPS) is 15.2. The highest BCUT2D eigenvalue weighted by Crippen LogP contribution is 2.42. The fraction of sp³-hybridized carbons (Fsp3) is 0.286. The van der Waals surface area contributed by atoms with Gasteiger partial charge in [-0.2, -0.15) is 5.10 Å². The van der Waals surface area contributed by atoms with Gasteiger partial charge in [-0.05, 0) is 48.2 Å². The number of ether oxygens (including phenoxy) is 1. The summed E-state index contributed by atoms with van der Waals surface area (Å²) >= 11 is 12.3. The van der Waals surface area contributed by atoms with Crippen LogP contribution in [0, 0.1) is 0 Å². The molecule has 1 aromatic heterocycles. The molecule has 0 atom stereocenters. The Hall–Kier alpha value is -1.89. The lowest BCUT2D eigenvalue weighted by atomic mass is 10.1. The number of hydrogen-bond acceptors (Lipinski definition) is 4.